The van der Waals surface area contributed by atoms with Gasteiger partial charge in [0.05, 0.1) is 12.2 Å². The lowest BCUT2D eigenvalue weighted by Gasteiger charge is -2.19. The maximum Gasteiger partial charge on any atom is 0.433 e. The third kappa shape index (κ3) is 3.25. The molecule has 1 rings (SSSR count). The highest BCUT2D eigenvalue weighted by Gasteiger charge is 2.39. The molecule has 3 nitrogen and oxygen atoms in total. The van der Waals surface area contributed by atoms with Crippen LogP contribution in [0.15, 0.2) is 6.20 Å². The van der Waals surface area contributed by atoms with E-state index in [0.29, 0.717) is 19.4 Å². The SMILES string of the molecule is CCNCc1cnn(C(CC)CC)c1C(F)(F)F. The standard InChI is InChI=1S/C12H20F3N3/c1-4-10(5-2)18-11(12(13,14)15)9(8-17-18)7-16-6-3/h8,10,16H,4-7H2,1-3H3. The number of hydrogen-bond donors (Lipinski definition) is 1. The molecule has 18 heavy (non-hydrogen) atoms. The van der Waals surface area contributed by atoms with Crippen molar-refractivity contribution in [1.82, 2.24) is 15.1 Å². The van der Waals surface area contributed by atoms with Gasteiger partial charge >= 0.3 is 6.18 Å². The summed E-state index contributed by atoms with van der Waals surface area (Å²) in [5, 5.41) is 6.85. The van der Waals surface area contributed by atoms with Crippen LogP contribution >= 0.6 is 0 Å². The Bertz CT molecular complexity index is 367. The molecule has 104 valence electrons. The molecule has 1 aromatic heterocycles. The van der Waals surface area contributed by atoms with Crippen molar-refractivity contribution in [2.75, 3.05) is 6.54 Å². The summed E-state index contributed by atoms with van der Waals surface area (Å²) in [5.74, 6) is 0. The summed E-state index contributed by atoms with van der Waals surface area (Å²) in [6, 6.07) is -0.197. The molecular weight excluding hydrogens is 243 g/mol. The Labute approximate surface area is 105 Å². The summed E-state index contributed by atoms with van der Waals surface area (Å²) in [6.07, 6.45) is -1.75. The lowest BCUT2D eigenvalue weighted by molar-refractivity contribution is -0.145. The average molecular weight is 263 g/mol. The molecular formula is C12H20F3N3. The molecule has 0 spiro atoms. The average Bonchev–Trinajstić information content (AvgIpc) is 2.72. The van der Waals surface area contributed by atoms with Gasteiger partial charge in [0.25, 0.3) is 0 Å². The Hall–Kier alpha value is -1.04. The molecule has 0 saturated heterocycles. The second-order valence-corrected chi connectivity index (χ2v) is 4.21. The summed E-state index contributed by atoms with van der Waals surface area (Å²) in [5.41, 5.74) is -0.395. The zero-order valence-corrected chi connectivity index (χ0v) is 11.0. The third-order valence-electron chi connectivity index (χ3n) is 2.99. The zero-order chi connectivity index (χ0) is 13.8. The maximum absolute atomic E-state index is 13.1. The number of rotatable bonds is 6. The third-order valence-corrected chi connectivity index (χ3v) is 2.99. The van der Waals surface area contributed by atoms with Gasteiger partial charge in [-0.3, -0.25) is 4.68 Å². The summed E-state index contributed by atoms with van der Waals surface area (Å²) < 4.78 is 40.5. The molecule has 0 aliphatic heterocycles. The molecule has 0 saturated carbocycles. The van der Waals surface area contributed by atoms with Gasteiger partial charge in [-0.15, -0.1) is 0 Å². The summed E-state index contributed by atoms with van der Waals surface area (Å²) in [7, 11) is 0. The minimum atomic E-state index is -4.36. The van der Waals surface area contributed by atoms with Crippen LogP contribution in [0.25, 0.3) is 0 Å². The molecule has 1 N–H and O–H groups in total. The fourth-order valence-electron chi connectivity index (χ4n) is 2.01. The van der Waals surface area contributed by atoms with Gasteiger partial charge < -0.3 is 5.32 Å². The second kappa shape index (κ2) is 6.22. The van der Waals surface area contributed by atoms with Crippen molar-refractivity contribution in [1.29, 1.82) is 0 Å². The summed E-state index contributed by atoms with van der Waals surface area (Å²) in [6.45, 7) is 6.44. The first kappa shape index (κ1) is 15.0. The first-order chi connectivity index (χ1) is 8.45. The maximum atomic E-state index is 13.1. The molecule has 0 radical (unpaired) electrons. The number of hydrogen-bond acceptors (Lipinski definition) is 2. The zero-order valence-electron chi connectivity index (χ0n) is 11.0. The normalized spacial score (nSPS) is 12.4. The second-order valence-electron chi connectivity index (χ2n) is 4.21. The fraction of sp³-hybridized carbons (Fsp3) is 0.750. The van der Waals surface area contributed by atoms with E-state index < -0.39 is 11.9 Å². The molecule has 0 bridgehead atoms. The minimum Gasteiger partial charge on any atom is -0.313 e. The van der Waals surface area contributed by atoms with Gasteiger partial charge in [0.2, 0.25) is 0 Å². The van der Waals surface area contributed by atoms with Crippen molar-refractivity contribution in [3.63, 3.8) is 0 Å². The Morgan fingerprint density at radius 2 is 1.89 bits per heavy atom. The molecule has 0 unspecified atom stereocenters. The van der Waals surface area contributed by atoms with E-state index >= 15 is 0 Å². The van der Waals surface area contributed by atoms with Gasteiger partial charge in [-0.1, -0.05) is 20.8 Å². The highest BCUT2D eigenvalue weighted by Crippen LogP contribution is 2.34. The molecule has 0 atom stereocenters. The molecule has 0 fully saturated rings. The van der Waals surface area contributed by atoms with Crippen molar-refractivity contribution in [2.45, 2.75) is 52.4 Å². The van der Waals surface area contributed by atoms with Crippen LogP contribution in [-0.2, 0) is 12.7 Å². The van der Waals surface area contributed by atoms with E-state index in [9.17, 15) is 13.2 Å². The van der Waals surface area contributed by atoms with Crippen LogP contribution in [0.1, 0.15) is 50.9 Å². The lowest BCUT2D eigenvalue weighted by Crippen LogP contribution is -2.22. The van der Waals surface area contributed by atoms with E-state index in [1.165, 1.54) is 6.20 Å². The van der Waals surface area contributed by atoms with Crippen molar-refractivity contribution in [3.05, 3.63) is 17.5 Å². The first-order valence-corrected chi connectivity index (χ1v) is 6.29. The van der Waals surface area contributed by atoms with Gasteiger partial charge in [-0.2, -0.15) is 18.3 Å². The van der Waals surface area contributed by atoms with E-state index in [0.717, 1.165) is 4.68 Å². The van der Waals surface area contributed by atoms with Crippen LogP contribution in [0.4, 0.5) is 13.2 Å². The molecule has 0 aliphatic rings. The van der Waals surface area contributed by atoms with E-state index in [4.69, 9.17) is 0 Å². The smallest absolute Gasteiger partial charge is 0.313 e. The number of nitrogens with zero attached hydrogens (tertiary/aromatic N) is 2. The van der Waals surface area contributed by atoms with E-state index in [2.05, 4.69) is 10.4 Å². The quantitative estimate of drug-likeness (QED) is 0.852. The lowest BCUT2D eigenvalue weighted by atomic mass is 10.1. The van der Waals surface area contributed by atoms with Crippen molar-refractivity contribution in [3.8, 4) is 0 Å². The number of alkyl halides is 3. The Morgan fingerprint density at radius 1 is 1.28 bits per heavy atom. The van der Waals surface area contributed by atoms with Gasteiger partial charge in [-0.05, 0) is 19.4 Å². The van der Waals surface area contributed by atoms with Crippen LogP contribution in [0, 0.1) is 0 Å². The summed E-state index contributed by atoms with van der Waals surface area (Å²) >= 11 is 0. The van der Waals surface area contributed by atoms with Gasteiger partial charge in [-0.25, -0.2) is 0 Å². The number of halogens is 3. The van der Waals surface area contributed by atoms with Crippen LogP contribution in [0.2, 0.25) is 0 Å². The topological polar surface area (TPSA) is 29.9 Å². The molecule has 6 heteroatoms. The molecule has 0 aromatic carbocycles. The van der Waals surface area contributed by atoms with Crippen LogP contribution < -0.4 is 5.32 Å². The number of aromatic nitrogens is 2. The minimum absolute atomic E-state index is 0.197. The Morgan fingerprint density at radius 3 is 2.33 bits per heavy atom. The predicted molar refractivity (Wildman–Crippen MR) is 64.2 cm³/mol. The van der Waals surface area contributed by atoms with Crippen molar-refractivity contribution < 1.29 is 13.2 Å². The van der Waals surface area contributed by atoms with Gasteiger partial charge in [0, 0.05) is 12.1 Å². The van der Waals surface area contributed by atoms with E-state index in [1.807, 2.05) is 20.8 Å². The predicted octanol–water partition coefficient (Wildman–Crippen LogP) is 3.37. The van der Waals surface area contributed by atoms with Crippen LogP contribution in [0.3, 0.4) is 0 Å². The van der Waals surface area contributed by atoms with Gasteiger partial charge in [0.15, 0.2) is 0 Å². The molecule has 1 aromatic rings. The monoisotopic (exact) mass is 263 g/mol. The van der Waals surface area contributed by atoms with Crippen molar-refractivity contribution >= 4 is 0 Å². The van der Waals surface area contributed by atoms with Gasteiger partial charge in [0.1, 0.15) is 5.69 Å². The van der Waals surface area contributed by atoms with E-state index in [-0.39, 0.29) is 18.2 Å². The highest BCUT2D eigenvalue weighted by atomic mass is 19.4. The molecule has 0 amide bonds. The molecule has 0 aliphatic carbocycles. The Kier molecular flexibility index (Phi) is 5.19. The Balaban J connectivity index is 3.15. The summed E-state index contributed by atoms with van der Waals surface area (Å²) in [4.78, 5) is 0. The van der Waals surface area contributed by atoms with Crippen molar-refractivity contribution in [2.24, 2.45) is 0 Å². The van der Waals surface area contributed by atoms with Crippen LogP contribution in [-0.4, -0.2) is 16.3 Å². The van der Waals surface area contributed by atoms with E-state index in [1.54, 1.807) is 0 Å². The first-order valence-electron chi connectivity index (χ1n) is 6.29. The number of nitrogens with one attached hydrogen (secondary N) is 1. The highest BCUT2D eigenvalue weighted by molar-refractivity contribution is 5.21. The largest absolute Gasteiger partial charge is 0.433 e. The fourth-order valence-corrected chi connectivity index (χ4v) is 2.01. The molecule has 1 heterocycles. The van der Waals surface area contributed by atoms with Crippen LogP contribution in [0.5, 0.6) is 0 Å².